The van der Waals surface area contributed by atoms with Crippen molar-refractivity contribution in [3.8, 4) is 11.5 Å². The van der Waals surface area contributed by atoms with E-state index in [1.165, 1.54) is 7.11 Å². The summed E-state index contributed by atoms with van der Waals surface area (Å²) >= 11 is 0. The van der Waals surface area contributed by atoms with Crippen molar-refractivity contribution in [2.45, 2.75) is 27.4 Å². The molecule has 1 aromatic carbocycles. The predicted molar refractivity (Wildman–Crippen MR) is 79.3 cm³/mol. The average molecular weight is 305 g/mol. The molecule has 0 bridgehead atoms. The summed E-state index contributed by atoms with van der Waals surface area (Å²) in [6.45, 7) is 6.32. The van der Waals surface area contributed by atoms with Gasteiger partial charge in [-0.2, -0.15) is 0 Å². The molecule has 0 unspecified atom stereocenters. The van der Waals surface area contributed by atoms with Crippen LogP contribution in [0.25, 0.3) is 0 Å². The van der Waals surface area contributed by atoms with Gasteiger partial charge in [-0.05, 0) is 32.9 Å². The normalized spacial score (nSPS) is 10.4. The molecule has 0 fully saturated rings. The monoisotopic (exact) mass is 305 g/mol. The molecule has 0 saturated heterocycles. The fourth-order valence-corrected chi connectivity index (χ4v) is 2.01. The van der Waals surface area contributed by atoms with Crippen LogP contribution in [0.5, 0.6) is 11.5 Å². The second-order valence-electron chi connectivity index (χ2n) is 4.67. The Morgan fingerprint density at radius 3 is 2.64 bits per heavy atom. The van der Waals surface area contributed by atoms with Gasteiger partial charge < -0.3 is 18.7 Å². The molecule has 0 radical (unpaired) electrons. The smallest absolute Gasteiger partial charge is 0.341 e. The number of nitrogens with zero attached hydrogens (tertiary/aromatic N) is 1. The number of aromatic nitrogens is 1. The van der Waals surface area contributed by atoms with E-state index in [2.05, 4.69) is 5.16 Å². The van der Waals surface area contributed by atoms with Crippen LogP contribution in [0.2, 0.25) is 0 Å². The van der Waals surface area contributed by atoms with Crippen LogP contribution >= 0.6 is 0 Å². The minimum atomic E-state index is -0.461. The van der Waals surface area contributed by atoms with Gasteiger partial charge in [0.1, 0.15) is 29.4 Å². The molecule has 2 rings (SSSR count). The summed E-state index contributed by atoms with van der Waals surface area (Å²) in [7, 11) is 1.33. The summed E-state index contributed by atoms with van der Waals surface area (Å²) in [5.41, 5.74) is 1.97. The maximum atomic E-state index is 11.8. The summed E-state index contributed by atoms with van der Waals surface area (Å²) in [6.07, 6.45) is 0. The van der Waals surface area contributed by atoms with Crippen LogP contribution in [0.3, 0.4) is 0 Å². The maximum absolute atomic E-state index is 11.8. The average Bonchev–Trinajstić information content (AvgIpc) is 2.84. The lowest BCUT2D eigenvalue weighted by atomic mass is 10.2. The van der Waals surface area contributed by atoms with Crippen molar-refractivity contribution in [2.75, 3.05) is 13.7 Å². The number of carbonyl (C=O) groups is 1. The highest BCUT2D eigenvalue weighted by atomic mass is 16.5. The van der Waals surface area contributed by atoms with Crippen LogP contribution in [0.1, 0.15) is 34.3 Å². The number of benzene rings is 1. The zero-order valence-electron chi connectivity index (χ0n) is 13.1. The van der Waals surface area contributed by atoms with Crippen molar-refractivity contribution in [3.63, 3.8) is 0 Å². The van der Waals surface area contributed by atoms with Gasteiger partial charge in [-0.3, -0.25) is 0 Å². The second-order valence-corrected chi connectivity index (χ2v) is 4.67. The Balaban J connectivity index is 2.26. The van der Waals surface area contributed by atoms with E-state index in [-0.39, 0.29) is 6.61 Å². The summed E-state index contributed by atoms with van der Waals surface area (Å²) in [4.78, 5) is 11.8. The zero-order valence-corrected chi connectivity index (χ0v) is 13.1. The van der Waals surface area contributed by atoms with Crippen molar-refractivity contribution >= 4 is 5.97 Å². The lowest BCUT2D eigenvalue weighted by molar-refractivity contribution is 0.0595. The highest BCUT2D eigenvalue weighted by Crippen LogP contribution is 2.27. The molecule has 0 spiro atoms. The number of rotatable bonds is 6. The Morgan fingerprint density at radius 2 is 2.05 bits per heavy atom. The third-order valence-corrected chi connectivity index (χ3v) is 3.22. The fourth-order valence-electron chi connectivity index (χ4n) is 2.01. The highest BCUT2D eigenvalue weighted by molar-refractivity contribution is 5.92. The summed E-state index contributed by atoms with van der Waals surface area (Å²) < 4.78 is 21.1. The molecule has 0 aliphatic carbocycles. The SMILES string of the molecule is CCOc1ccc(C(=O)OC)c(OCc2c(C)noc2C)c1. The topological polar surface area (TPSA) is 70.8 Å². The Kier molecular flexibility index (Phi) is 5.04. The predicted octanol–water partition coefficient (Wildman–Crippen LogP) is 3.06. The molecule has 1 aromatic heterocycles. The van der Waals surface area contributed by atoms with E-state index in [4.69, 9.17) is 18.7 Å². The molecular weight excluding hydrogens is 286 g/mol. The summed E-state index contributed by atoms with van der Waals surface area (Å²) in [5.74, 6) is 1.26. The standard InChI is InChI=1S/C16H19NO5/c1-5-20-12-6-7-13(16(18)19-4)15(8-12)21-9-14-10(2)17-22-11(14)3/h6-8H,5,9H2,1-4H3. The quantitative estimate of drug-likeness (QED) is 0.764. The van der Waals surface area contributed by atoms with E-state index in [9.17, 15) is 4.79 Å². The summed E-state index contributed by atoms with van der Waals surface area (Å²) in [5, 5.41) is 3.88. The van der Waals surface area contributed by atoms with Crippen molar-refractivity contribution in [2.24, 2.45) is 0 Å². The van der Waals surface area contributed by atoms with Crippen LogP contribution < -0.4 is 9.47 Å². The molecule has 0 amide bonds. The van der Waals surface area contributed by atoms with E-state index < -0.39 is 5.97 Å². The van der Waals surface area contributed by atoms with E-state index in [0.717, 1.165) is 11.3 Å². The Hall–Kier alpha value is -2.50. The molecule has 2 aromatic rings. The van der Waals surface area contributed by atoms with Gasteiger partial charge in [-0.15, -0.1) is 0 Å². The molecule has 118 valence electrons. The molecule has 6 heteroatoms. The van der Waals surface area contributed by atoms with Crippen molar-refractivity contribution in [1.29, 1.82) is 0 Å². The van der Waals surface area contributed by atoms with E-state index in [1.807, 2.05) is 20.8 Å². The Labute approximate surface area is 129 Å². The molecule has 22 heavy (non-hydrogen) atoms. The van der Waals surface area contributed by atoms with Gasteiger partial charge in [0.25, 0.3) is 0 Å². The number of carbonyl (C=O) groups excluding carboxylic acids is 1. The maximum Gasteiger partial charge on any atom is 0.341 e. The number of methoxy groups -OCH3 is 1. The molecule has 6 nitrogen and oxygen atoms in total. The zero-order chi connectivity index (χ0) is 16.1. The van der Waals surface area contributed by atoms with Gasteiger partial charge in [0.2, 0.25) is 0 Å². The first-order valence-electron chi connectivity index (χ1n) is 6.96. The molecule has 1 heterocycles. The first-order chi connectivity index (χ1) is 10.6. The third kappa shape index (κ3) is 3.39. The lowest BCUT2D eigenvalue weighted by Gasteiger charge is -2.12. The molecule has 0 aliphatic rings. The van der Waals surface area contributed by atoms with E-state index in [1.54, 1.807) is 18.2 Å². The first kappa shape index (κ1) is 15.9. The largest absolute Gasteiger partial charge is 0.494 e. The van der Waals surface area contributed by atoms with E-state index in [0.29, 0.717) is 29.4 Å². The van der Waals surface area contributed by atoms with Gasteiger partial charge in [-0.25, -0.2) is 4.79 Å². The van der Waals surface area contributed by atoms with Crippen molar-refractivity contribution in [3.05, 3.63) is 40.8 Å². The number of esters is 1. The van der Waals surface area contributed by atoms with Crippen LogP contribution in [-0.2, 0) is 11.3 Å². The molecular formula is C16H19NO5. The molecule has 0 N–H and O–H groups in total. The number of hydrogen-bond acceptors (Lipinski definition) is 6. The van der Waals surface area contributed by atoms with Crippen LogP contribution in [0.4, 0.5) is 0 Å². The minimum Gasteiger partial charge on any atom is -0.494 e. The fraction of sp³-hybridized carbons (Fsp3) is 0.375. The van der Waals surface area contributed by atoms with Gasteiger partial charge >= 0.3 is 5.97 Å². The van der Waals surface area contributed by atoms with E-state index >= 15 is 0 Å². The van der Waals surface area contributed by atoms with Crippen molar-refractivity contribution in [1.82, 2.24) is 5.16 Å². The number of hydrogen-bond donors (Lipinski definition) is 0. The molecule has 0 aliphatic heterocycles. The number of aryl methyl sites for hydroxylation is 2. The highest BCUT2D eigenvalue weighted by Gasteiger charge is 2.16. The Morgan fingerprint density at radius 1 is 1.27 bits per heavy atom. The minimum absolute atomic E-state index is 0.251. The van der Waals surface area contributed by atoms with Gasteiger partial charge in [0, 0.05) is 6.07 Å². The van der Waals surface area contributed by atoms with Crippen LogP contribution in [0.15, 0.2) is 22.7 Å². The molecule has 0 saturated carbocycles. The van der Waals surface area contributed by atoms with Crippen LogP contribution in [0, 0.1) is 13.8 Å². The Bertz CT molecular complexity index is 643. The second kappa shape index (κ2) is 6.98. The van der Waals surface area contributed by atoms with Gasteiger partial charge in [0.15, 0.2) is 0 Å². The third-order valence-electron chi connectivity index (χ3n) is 3.22. The van der Waals surface area contributed by atoms with Crippen molar-refractivity contribution < 1.29 is 23.5 Å². The van der Waals surface area contributed by atoms with Gasteiger partial charge in [0.05, 0.1) is 25.0 Å². The number of ether oxygens (including phenoxy) is 3. The first-order valence-corrected chi connectivity index (χ1v) is 6.96. The summed E-state index contributed by atoms with van der Waals surface area (Å²) in [6, 6.07) is 5.01. The molecule has 0 atom stereocenters. The van der Waals surface area contributed by atoms with Gasteiger partial charge in [-0.1, -0.05) is 5.16 Å². The lowest BCUT2D eigenvalue weighted by Crippen LogP contribution is -2.07. The van der Waals surface area contributed by atoms with Crippen LogP contribution in [-0.4, -0.2) is 24.8 Å².